The zero-order valence-electron chi connectivity index (χ0n) is 11.6. The van der Waals surface area contributed by atoms with Gasteiger partial charge in [0.1, 0.15) is 17.1 Å². The molecule has 1 aromatic rings. The molecule has 0 spiro atoms. The van der Waals surface area contributed by atoms with Gasteiger partial charge >= 0.3 is 0 Å². The molecule has 0 unspecified atom stereocenters. The van der Waals surface area contributed by atoms with Crippen molar-refractivity contribution < 1.29 is 19.5 Å². The summed E-state index contributed by atoms with van der Waals surface area (Å²) in [6.45, 7) is 1.05. The standard InChI is InChI=1S/C14H18N2O4/c1-19-11-4-3-5-12(20-2)13(11)14(17)16-8-6-10(15-18)7-9-16/h3-5,18H,6-9H2,1-2H3. The summed E-state index contributed by atoms with van der Waals surface area (Å²) in [5, 5.41) is 12.0. The average Bonchev–Trinajstić information content (AvgIpc) is 2.53. The molecule has 1 aliphatic rings. The van der Waals surface area contributed by atoms with E-state index in [4.69, 9.17) is 14.7 Å². The predicted octanol–water partition coefficient (Wildman–Crippen LogP) is 1.77. The number of hydrogen-bond donors (Lipinski definition) is 1. The molecule has 1 amide bonds. The molecule has 0 aliphatic carbocycles. The minimum absolute atomic E-state index is 0.128. The molecular weight excluding hydrogens is 260 g/mol. The summed E-state index contributed by atoms with van der Waals surface area (Å²) in [5.41, 5.74) is 1.16. The number of carbonyl (C=O) groups is 1. The minimum atomic E-state index is -0.128. The van der Waals surface area contributed by atoms with E-state index in [0.29, 0.717) is 43.0 Å². The first kappa shape index (κ1) is 14.2. The summed E-state index contributed by atoms with van der Waals surface area (Å²) in [5.74, 6) is 0.864. The number of rotatable bonds is 3. The molecule has 0 atom stereocenters. The summed E-state index contributed by atoms with van der Waals surface area (Å²) in [7, 11) is 3.05. The van der Waals surface area contributed by atoms with Crippen LogP contribution in [0.15, 0.2) is 23.4 Å². The number of amides is 1. The second-order valence-electron chi connectivity index (χ2n) is 4.50. The molecule has 6 heteroatoms. The number of oxime groups is 1. The molecule has 20 heavy (non-hydrogen) atoms. The lowest BCUT2D eigenvalue weighted by molar-refractivity contribution is 0.0746. The fourth-order valence-electron chi connectivity index (χ4n) is 2.29. The third-order valence-corrected chi connectivity index (χ3v) is 3.41. The number of piperidine rings is 1. The maximum Gasteiger partial charge on any atom is 0.261 e. The van der Waals surface area contributed by atoms with Crippen LogP contribution in [-0.4, -0.2) is 49.0 Å². The molecular formula is C14H18N2O4. The van der Waals surface area contributed by atoms with Crippen molar-refractivity contribution >= 4 is 11.6 Å². The monoisotopic (exact) mass is 278 g/mol. The maximum atomic E-state index is 12.6. The van der Waals surface area contributed by atoms with Crippen LogP contribution in [0.2, 0.25) is 0 Å². The highest BCUT2D eigenvalue weighted by molar-refractivity contribution is 6.00. The molecule has 0 radical (unpaired) electrons. The average molecular weight is 278 g/mol. The maximum absolute atomic E-state index is 12.6. The molecule has 1 N–H and O–H groups in total. The Kier molecular flexibility index (Phi) is 4.45. The number of nitrogens with zero attached hydrogens (tertiary/aromatic N) is 2. The Morgan fingerprint density at radius 2 is 1.75 bits per heavy atom. The lowest BCUT2D eigenvalue weighted by Crippen LogP contribution is -2.39. The Morgan fingerprint density at radius 3 is 2.20 bits per heavy atom. The molecule has 0 aromatic heterocycles. The van der Waals surface area contributed by atoms with Crippen LogP contribution in [-0.2, 0) is 0 Å². The molecule has 1 aliphatic heterocycles. The molecule has 1 saturated heterocycles. The van der Waals surface area contributed by atoms with E-state index in [9.17, 15) is 4.79 Å². The van der Waals surface area contributed by atoms with Gasteiger partial charge in [0, 0.05) is 25.9 Å². The Balaban J connectivity index is 2.25. The van der Waals surface area contributed by atoms with Gasteiger partial charge in [-0.15, -0.1) is 0 Å². The van der Waals surface area contributed by atoms with Gasteiger partial charge in [0.2, 0.25) is 0 Å². The second-order valence-corrected chi connectivity index (χ2v) is 4.50. The molecule has 1 fully saturated rings. The van der Waals surface area contributed by atoms with E-state index >= 15 is 0 Å². The molecule has 2 rings (SSSR count). The summed E-state index contributed by atoms with van der Waals surface area (Å²) < 4.78 is 10.5. The topological polar surface area (TPSA) is 71.4 Å². The highest BCUT2D eigenvalue weighted by Crippen LogP contribution is 2.30. The third-order valence-electron chi connectivity index (χ3n) is 3.41. The molecule has 1 heterocycles. The van der Waals surface area contributed by atoms with E-state index < -0.39 is 0 Å². The normalized spacial score (nSPS) is 14.9. The van der Waals surface area contributed by atoms with Gasteiger partial charge in [0.05, 0.1) is 19.9 Å². The molecule has 108 valence electrons. The van der Waals surface area contributed by atoms with Crippen LogP contribution in [0, 0.1) is 0 Å². The van der Waals surface area contributed by atoms with E-state index in [-0.39, 0.29) is 5.91 Å². The van der Waals surface area contributed by atoms with Crippen LogP contribution in [0.5, 0.6) is 11.5 Å². The van der Waals surface area contributed by atoms with E-state index in [0.717, 1.165) is 5.71 Å². The quantitative estimate of drug-likeness (QED) is 0.675. The van der Waals surface area contributed by atoms with E-state index in [1.165, 1.54) is 14.2 Å². The number of methoxy groups -OCH3 is 2. The molecule has 1 aromatic carbocycles. The number of hydrogen-bond acceptors (Lipinski definition) is 5. The third kappa shape index (κ3) is 2.68. The lowest BCUT2D eigenvalue weighted by Gasteiger charge is -2.28. The summed E-state index contributed by atoms with van der Waals surface area (Å²) >= 11 is 0. The zero-order chi connectivity index (χ0) is 14.5. The van der Waals surface area contributed by atoms with Crippen molar-refractivity contribution in [2.45, 2.75) is 12.8 Å². The van der Waals surface area contributed by atoms with Gasteiger partial charge < -0.3 is 19.6 Å². The second kappa shape index (κ2) is 6.27. The van der Waals surface area contributed by atoms with Crippen LogP contribution in [0.25, 0.3) is 0 Å². The van der Waals surface area contributed by atoms with Crippen LogP contribution in [0.4, 0.5) is 0 Å². The number of ether oxygens (including phenoxy) is 2. The lowest BCUT2D eigenvalue weighted by atomic mass is 10.1. The number of carbonyl (C=O) groups excluding carboxylic acids is 1. The van der Waals surface area contributed by atoms with Crippen LogP contribution in [0.1, 0.15) is 23.2 Å². The first-order valence-corrected chi connectivity index (χ1v) is 6.41. The zero-order valence-corrected chi connectivity index (χ0v) is 11.6. The van der Waals surface area contributed by atoms with Gasteiger partial charge in [-0.2, -0.15) is 0 Å². The fraction of sp³-hybridized carbons (Fsp3) is 0.429. The van der Waals surface area contributed by atoms with Gasteiger partial charge in [0.25, 0.3) is 5.91 Å². The SMILES string of the molecule is COc1cccc(OC)c1C(=O)N1CCC(=NO)CC1. The van der Waals surface area contributed by atoms with Crippen molar-refractivity contribution in [3.8, 4) is 11.5 Å². The first-order chi connectivity index (χ1) is 9.71. The van der Waals surface area contributed by atoms with Crippen LogP contribution >= 0.6 is 0 Å². The molecule has 0 saturated carbocycles. The van der Waals surface area contributed by atoms with Crippen molar-refractivity contribution in [2.75, 3.05) is 27.3 Å². The van der Waals surface area contributed by atoms with Crippen molar-refractivity contribution in [1.82, 2.24) is 4.90 Å². The van der Waals surface area contributed by atoms with Gasteiger partial charge in [-0.1, -0.05) is 11.2 Å². The minimum Gasteiger partial charge on any atom is -0.496 e. The van der Waals surface area contributed by atoms with E-state index in [1.807, 2.05) is 0 Å². The van der Waals surface area contributed by atoms with Crippen molar-refractivity contribution in [3.05, 3.63) is 23.8 Å². The number of likely N-dealkylation sites (tertiary alicyclic amines) is 1. The Hall–Kier alpha value is -2.24. The van der Waals surface area contributed by atoms with Gasteiger partial charge in [0.15, 0.2) is 0 Å². The first-order valence-electron chi connectivity index (χ1n) is 6.41. The Labute approximate surface area is 117 Å². The predicted molar refractivity (Wildman–Crippen MR) is 73.9 cm³/mol. The van der Waals surface area contributed by atoms with Crippen molar-refractivity contribution in [3.63, 3.8) is 0 Å². The van der Waals surface area contributed by atoms with Gasteiger partial charge in [-0.3, -0.25) is 4.79 Å². The Bertz CT molecular complexity index is 496. The van der Waals surface area contributed by atoms with E-state index in [1.54, 1.807) is 23.1 Å². The Morgan fingerprint density at radius 1 is 1.20 bits per heavy atom. The smallest absolute Gasteiger partial charge is 0.261 e. The summed E-state index contributed by atoms with van der Waals surface area (Å²) in [6, 6.07) is 5.25. The number of benzene rings is 1. The van der Waals surface area contributed by atoms with Crippen LogP contribution < -0.4 is 9.47 Å². The summed E-state index contributed by atoms with van der Waals surface area (Å²) in [6.07, 6.45) is 1.17. The van der Waals surface area contributed by atoms with Crippen molar-refractivity contribution in [1.29, 1.82) is 0 Å². The van der Waals surface area contributed by atoms with Gasteiger partial charge in [-0.25, -0.2) is 0 Å². The van der Waals surface area contributed by atoms with Crippen molar-refractivity contribution in [2.24, 2.45) is 5.16 Å². The van der Waals surface area contributed by atoms with E-state index in [2.05, 4.69) is 5.16 Å². The molecule has 6 nitrogen and oxygen atoms in total. The highest BCUT2D eigenvalue weighted by atomic mass is 16.5. The largest absolute Gasteiger partial charge is 0.496 e. The van der Waals surface area contributed by atoms with Crippen LogP contribution in [0.3, 0.4) is 0 Å². The fourth-order valence-corrected chi connectivity index (χ4v) is 2.29. The molecule has 0 bridgehead atoms. The highest BCUT2D eigenvalue weighted by Gasteiger charge is 2.26. The van der Waals surface area contributed by atoms with Gasteiger partial charge in [-0.05, 0) is 12.1 Å². The summed E-state index contributed by atoms with van der Waals surface area (Å²) in [4.78, 5) is 14.3.